The second kappa shape index (κ2) is 5.62. The molecule has 0 amide bonds. The number of allylic oxidation sites excluding steroid dienone is 2. The Balaban J connectivity index is 1.77. The quantitative estimate of drug-likeness (QED) is 0.551. The second-order valence-electron chi connectivity index (χ2n) is 7.48. The molecule has 0 N–H and O–H groups in total. The molecule has 3 aliphatic rings. The summed E-state index contributed by atoms with van der Waals surface area (Å²) in [6.07, 6.45) is 6.43. The van der Waals surface area contributed by atoms with Crippen LogP contribution in [0.15, 0.2) is 11.1 Å². The van der Waals surface area contributed by atoms with Crippen LogP contribution >= 0.6 is 11.6 Å². The maximum Gasteiger partial charge on any atom is 0.161 e. The zero-order chi connectivity index (χ0) is 14.3. The van der Waals surface area contributed by atoms with E-state index in [1.807, 2.05) is 0 Å². The maximum absolute atomic E-state index is 5.99. The van der Waals surface area contributed by atoms with Gasteiger partial charge in [0.05, 0.1) is 18.6 Å². The molecular formula is C17H27ClO2. The normalized spacial score (nSPS) is 40.8. The molecule has 0 unspecified atom stereocenters. The summed E-state index contributed by atoms with van der Waals surface area (Å²) in [6, 6.07) is 0. The average molecular weight is 299 g/mol. The van der Waals surface area contributed by atoms with Crippen LogP contribution in [0.25, 0.3) is 0 Å². The number of hydrogen-bond acceptors (Lipinski definition) is 2. The van der Waals surface area contributed by atoms with Gasteiger partial charge in [-0.3, -0.25) is 0 Å². The van der Waals surface area contributed by atoms with Gasteiger partial charge in [-0.25, -0.2) is 0 Å². The first-order valence-corrected chi connectivity index (χ1v) is 8.59. The molecular weight excluding hydrogens is 272 g/mol. The predicted octanol–water partition coefficient (Wildman–Crippen LogP) is 4.52. The Labute approximate surface area is 127 Å². The molecule has 0 saturated carbocycles. The van der Waals surface area contributed by atoms with Crippen molar-refractivity contribution in [1.29, 1.82) is 0 Å². The lowest BCUT2D eigenvalue weighted by atomic mass is 9.63. The fourth-order valence-corrected chi connectivity index (χ4v) is 4.45. The highest BCUT2D eigenvalue weighted by atomic mass is 35.5. The summed E-state index contributed by atoms with van der Waals surface area (Å²) in [5.41, 5.74) is 3.81. The van der Waals surface area contributed by atoms with Crippen LogP contribution in [0.3, 0.4) is 0 Å². The van der Waals surface area contributed by atoms with Gasteiger partial charge in [0.2, 0.25) is 0 Å². The maximum atomic E-state index is 5.99. The first kappa shape index (κ1) is 14.9. The van der Waals surface area contributed by atoms with E-state index in [1.165, 1.54) is 25.7 Å². The van der Waals surface area contributed by atoms with Crippen molar-refractivity contribution in [2.24, 2.45) is 17.3 Å². The summed E-state index contributed by atoms with van der Waals surface area (Å²) in [5, 5.41) is 0. The molecule has 3 rings (SSSR count). The van der Waals surface area contributed by atoms with Crippen LogP contribution in [0.1, 0.15) is 52.9 Å². The van der Waals surface area contributed by atoms with Crippen molar-refractivity contribution in [3.8, 4) is 0 Å². The molecule has 0 bridgehead atoms. The van der Waals surface area contributed by atoms with Gasteiger partial charge in [-0.1, -0.05) is 31.9 Å². The zero-order valence-corrected chi connectivity index (χ0v) is 13.7. The second-order valence-corrected chi connectivity index (χ2v) is 7.79. The molecule has 20 heavy (non-hydrogen) atoms. The molecule has 3 heteroatoms. The molecule has 0 radical (unpaired) electrons. The zero-order valence-electron chi connectivity index (χ0n) is 13.0. The molecule has 0 aromatic carbocycles. The Morgan fingerprint density at radius 1 is 1.30 bits per heavy atom. The standard InChI is InChI=1S/C17H27ClO2/c1-11-7-12-5-4-6-17(2,3)15(12)8-14(11)16-19-10-13(9-18)20-16/h11,13-14,16H,4-10H2,1-3H3/t11-,13-,14+,16+/m1/s1. The lowest BCUT2D eigenvalue weighted by Crippen LogP contribution is -2.36. The lowest BCUT2D eigenvalue weighted by molar-refractivity contribution is -0.110. The SMILES string of the molecule is C[C@@H]1CC2=C(C[C@@H]1[C@H]1OC[C@@H](CCl)O1)C(C)(C)CCC2. The molecule has 0 aromatic heterocycles. The van der Waals surface area contributed by atoms with Crippen molar-refractivity contribution >= 4 is 11.6 Å². The van der Waals surface area contributed by atoms with Crippen molar-refractivity contribution < 1.29 is 9.47 Å². The van der Waals surface area contributed by atoms with Crippen molar-refractivity contribution in [2.75, 3.05) is 12.5 Å². The molecule has 2 aliphatic carbocycles. The van der Waals surface area contributed by atoms with Crippen molar-refractivity contribution in [3.05, 3.63) is 11.1 Å². The lowest BCUT2D eigenvalue weighted by Gasteiger charge is -2.44. The first-order valence-electron chi connectivity index (χ1n) is 8.05. The largest absolute Gasteiger partial charge is 0.350 e. The fraction of sp³-hybridized carbons (Fsp3) is 0.882. The van der Waals surface area contributed by atoms with E-state index in [2.05, 4.69) is 20.8 Å². The van der Waals surface area contributed by atoms with Gasteiger partial charge >= 0.3 is 0 Å². The van der Waals surface area contributed by atoms with Gasteiger partial charge in [-0.05, 0) is 43.4 Å². The van der Waals surface area contributed by atoms with Crippen LogP contribution in [0, 0.1) is 17.3 Å². The third-order valence-electron chi connectivity index (χ3n) is 5.56. The van der Waals surface area contributed by atoms with Crippen LogP contribution in [0.4, 0.5) is 0 Å². The molecule has 1 aliphatic heterocycles. The smallest absolute Gasteiger partial charge is 0.161 e. The van der Waals surface area contributed by atoms with Crippen molar-refractivity contribution in [2.45, 2.75) is 65.3 Å². The van der Waals surface area contributed by atoms with E-state index < -0.39 is 0 Å². The van der Waals surface area contributed by atoms with Gasteiger partial charge in [0.25, 0.3) is 0 Å². The molecule has 1 saturated heterocycles. The van der Waals surface area contributed by atoms with Crippen molar-refractivity contribution in [1.82, 2.24) is 0 Å². The minimum atomic E-state index is -0.0412. The molecule has 114 valence electrons. The Morgan fingerprint density at radius 2 is 2.10 bits per heavy atom. The van der Waals surface area contributed by atoms with Crippen LogP contribution in [0.5, 0.6) is 0 Å². The Kier molecular flexibility index (Phi) is 4.18. The third kappa shape index (κ3) is 2.67. The van der Waals surface area contributed by atoms with Gasteiger partial charge in [0.1, 0.15) is 0 Å². The van der Waals surface area contributed by atoms with Crippen LogP contribution in [-0.2, 0) is 9.47 Å². The van der Waals surface area contributed by atoms with E-state index in [1.54, 1.807) is 11.1 Å². The molecule has 2 nitrogen and oxygen atoms in total. The van der Waals surface area contributed by atoms with Crippen LogP contribution < -0.4 is 0 Å². The summed E-state index contributed by atoms with van der Waals surface area (Å²) >= 11 is 5.89. The van der Waals surface area contributed by atoms with Gasteiger partial charge in [0.15, 0.2) is 6.29 Å². The molecule has 0 aromatic rings. The molecule has 1 fully saturated rings. The topological polar surface area (TPSA) is 18.5 Å². The predicted molar refractivity (Wildman–Crippen MR) is 81.9 cm³/mol. The monoisotopic (exact) mass is 298 g/mol. The van der Waals surface area contributed by atoms with Gasteiger partial charge < -0.3 is 9.47 Å². The van der Waals surface area contributed by atoms with Gasteiger partial charge in [0, 0.05) is 5.92 Å². The van der Waals surface area contributed by atoms with E-state index in [9.17, 15) is 0 Å². The number of halogens is 1. The third-order valence-corrected chi connectivity index (χ3v) is 5.90. The van der Waals surface area contributed by atoms with Crippen LogP contribution in [-0.4, -0.2) is 24.9 Å². The van der Waals surface area contributed by atoms with E-state index >= 15 is 0 Å². The molecule has 1 heterocycles. The van der Waals surface area contributed by atoms with E-state index in [0.717, 1.165) is 6.42 Å². The summed E-state index contributed by atoms with van der Waals surface area (Å²) in [4.78, 5) is 0. The van der Waals surface area contributed by atoms with E-state index in [-0.39, 0.29) is 12.4 Å². The Hall–Kier alpha value is -0.0500. The van der Waals surface area contributed by atoms with E-state index in [4.69, 9.17) is 21.1 Å². The highest BCUT2D eigenvalue weighted by molar-refractivity contribution is 6.18. The summed E-state index contributed by atoms with van der Waals surface area (Å²) in [7, 11) is 0. The Bertz CT molecular complexity index is 402. The average Bonchev–Trinajstić information content (AvgIpc) is 2.86. The first-order chi connectivity index (χ1) is 9.51. The van der Waals surface area contributed by atoms with Crippen molar-refractivity contribution in [3.63, 3.8) is 0 Å². The molecule has 4 atom stereocenters. The number of ether oxygens (including phenoxy) is 2. The van der Waals surface area contributed by atoms with Crippen LogP contribution in [0.2, 0.25) is 0 Å². The number of hydrogen-bond donors (Lipinski definition) is 0. The summed E-state index contributed by atoms with van der Waals surface area (Å²) in [6.45, 7) is 7.84. The highest BCUT2D eigenvalue weighted by Gasteiger charge is 2.42. The highest BCUT2D eigenvalue weighted by Crippen LogP contribution is 2.50. The fourth-order valence-electron chi connectivity index (χ4n) is 4.29. The Morgan fingerprint density at radius 3 is 2.80 bits per heavy atom. The minimum Gasteiger partial charge on any atom is -0.350 e. The summed E-state index contributed by atoms with van der Waals surface area (Å²) < 4.78 is 11.9. The van der Waals surface area contributed by atoms with Gasteiger partial charge in [-0.15, -0.1) is 11.6 Å². The summed E-state index contributed by atoms with van der Waals surface area (Å²) in [5.74, 6) is 1.69. The van der Waals surface area contributed by atoms with Gasteiger partial charge in [-0.2, -0.15) is 0 Å². The minimum absolute atomic E-state index is 0.0412. The number of rotatable bonds is 2. The number of alkyl halides is 1. The molecule has 0 spiro atoms. The van der Waals surface area contributed by atoms with E-state index in [0.29, 0.717) is 29.7 Å².